The minimum Gasteiger partial charge on any atom is -0.293 e. The van der Waals surface area contributed by atoms with Crippen molar-refractivity contribution < 1.29 is 0 Å². The van der Waals surface area contributed by atoms with Gasteiger partial charge in [0, 0.05) is 22.0 Å². The molecule has 3 heterocycles. The number of imidazole rings is 2. The average molecular weight is 791 g/mol. The molecule has 0 amide bonds. The predicted molar refractivity (Wildman–Crippen MR) is 259 cm³/mol. The average Bonchev–Trinajstić information content (AvgIpc) is 3.94. The van der Waals surface area contributed by atoms with Gasteiger partial charge >= 0.3 is 0 Å². The molecule has 0 spiro atoms. The van der Waals surface area contributed by atoms with Gasteiger partial charge in [-0.25, -0.2) is 9.97 Å². The number of hydrogen-bond donors (Lipinski definition) is 0. The minimum absolute atomic E-state index is 0.956. The molecule has 3 aromatic heterocycles. The Balaban J connectivity index is 0.926. The van der Waals surface area contributed by atoms with Gasteiger partial charge in [-0.2, -0.15) is 0 Å². The molecule has 0 atom stereocenters. The molecule has 0 fully saturated rings. The molecule has 0 radical (unpaired) electrons. The summed E-state index contributed by atoms with van der Waals surface area (Å²) in [5.41, 5.74) is 16.1. The maximum absolute atomic E-state index is 5.17. The normalized spacial score (nSPS) is 12.6. The molecule has 0 N–H and O–H groups in total. The summed E-state index contributed by atoms with van der Waals surface area (Å²) < 4.78 is 4.65. The lowest BCUT2D eigenvalue weighted by Gasteiger charge is -2.18. The summed E-state index contributed by atoms with van der Waals surface area (Å²) in [4.78, 5) is 10.3. The Kier molecular flexibility index (Phi) is 7.70. The fourth-order valence-electron chi connectivity index (χ4n) is 10.1. The Morgan fingerprint density at radius 2 is 0.968 bits per heavy atom. The molecule has 12 aromatic rings. The number of fused-ring (bicyclic) bond motifs is 11. The van der Waals surface area contributed by atoms with Crippen LogP contribution in [-0.2, 0) is 6.42 Å². The van der Waals surface area contributed by atoms with Crippen molar-refractivity contribution in [2.45, 2.75) is 12.8 Å². The minimum atomic E-state index is 0.956. The smallest absolute Gasteiger partial charge is 0.146 e. The number of aromatic nitrogens is 4. The topological polar surface area (TPSA) is 35.1 Å². The summed E-state index contributed by atoms with van der Waals surface area (Å²) >= 11 is 0. The number of aryl methyl sites for hydroxylation is 1. The molecule has 0 saturated carbocycles. The Morgan fingerprint density at radius 1 is 0.403 bits per heavy atom. The van der Waals surface area contributed by atoms with Crippen LogP contribution in [0.1, 0.15) is 17.8 Å². The van der Waals surface area contributed by atoms with Crippen molar-refractivity contribution in [1.82, 2.24) is 18.9 Å². The van der Waals surface area contributed by atoms with Crippen LogP contribution >= 0.6 is 0 Å². The molecule has 1 aliphatic rings. The third kappa shape index (κ3) is 5.26. The van der Waals surface area contributed by atoms with Crippen LogP contribution in [0.15, 0.2) is 200 Å². The van der Waals surface area contributed by atoms with Crippen LogP contribution in [0.25, 0.3) is 116 Å². The van der Waals surface area contributed by atoms with Gasteiger partial charge in [-0.1, -0.05) is 164 Å². The monoisotopic (exact) mass is 790 g/mol. The van der Waals surface area contributed by atoms with Gasteiger partial charge in [0.1, 0.15) is 11.5 Å². The number of allylic oxidation sites excluding steroid dienone is 1. The van der Waals surface area contributed by atoms with Crippen molar-refractivity contribution >= 4 is 66.0 Å². The zero-order valence-corrected chi connectivity index (χ0v) is 33.8. The van der Waals surface area contributed by atoms with Crippen LogP contribution in [0.5, 0.6) is 0 Å². The molecule has 0 aliphatic heterocycles. The van der Waals surface area contributed by atoms with Gasteiger partial charge < -0.3 is 0 Å². The Labute approximate surface area is 358 Å². The van der Waals surface area contributed by atoms with Crippen molar-refractivity contribution in [3.8, 4) is 50.5 Å². The van der Waals surface area contributed by atoms with Crippen LogP contribution in [0, 0.1) is 0 Å². The van der Waals surface area contributed by atoms with E-state index in [2.05, 4.69) is 215 Å². The van der Waals surface area contributed by atoms with E-state index in [1.165, 1.54) is 76.9 Å². The van der Waals surface area contributed by atoms with Gasteiger partial charge in [0.05, 0.1) is 27.9 Å². The first-order chi connectivity index (χ1) is 30.8. The lowest BCUT2D eigenvalue weighted by Crippen LogP contribution is -2.02. The third-order valence-corrected chi connectivity index (χ3v) is 13.0. The molecular weight excluding hydrogens is 753 g/mol. The highest BCUT2D eigenvalue weighted by atomic mass is 15.1. The SMILES string of the molecule is C1=Cc2c(nc(-c3ccccc3)n2-c2ccc(-c3c4ccccc4c(-c4ccc(-c5ccc6c7ccccc7n7c8ccccc8nc7c6c5)cc4)c4ccccc34)cc2)CC1. The second kappa shape index (κ2) is 13.7. The maximum atomic E-state index is 5.17. The summed E-state index contributed by atoms with van der Waals surface area (Å²) in [6.45, 7) is 0. The van der Waals surface area contributed by atoms with Gasteiger partial charge in [-0.15, -0.1) is 0 Å². The number of hydrogen-bond acceptors (Lipinski definition) is 2. The van der Waals surface area contributed by atoms with Gasteiger partial charge in [-0.3, -0.25) is 8.97 Å². The lowest BCUT2D eigenvalue weighted by molar-refractivity contribution is 0.936. The summed E-state index contributed by atoms with van der Waals surface area (Å²) in [6.07, 6.45) is 6.48. The molecule has 0 saturated heterocycles. The molecule has 13 rings (SSSR count). The first kappa shape index (κ1) is 34.8. The first-order valence-corrected chi connectivity index (χ1v) is 21.5. The Morgan fingerprint density at radius 3 is 1.66 bits per heavy atom. The van der Waals surface area contributed by atoms with Crippen molar-refractivity contribution in [3.05, 3.63) is 212 Å². The molecule has 4 heteroatoms. The third-order valence-electron chi connectivity index (χ3n) is 13.0. The van der Waals surface area contributed by atoms with E-state index in [1.807, 2.05) is 0 Å². The summed E-state index contributed by atoms with van der Waals surface area (Å²) in [5, 5.41) is 8.55. The quantitative estimate of drug-likeness (QED) is 0.129. The van der Waals surface area contributed by atoms with E-state index < -0.39 is 0 Å². The number of benzene rings is 9. The highest BCUT2D eigenvalue weighted by Gasteiger charge is 2.21. The van der Waals surface area contributed by atoms with Crippen LogP contribution < -0.4 is 0 Å². The highest BCUT2D eigenvalue weighted by molar-refractivity contribution is 6.21. The van der Waals surface area contributed by atoms with Crippen LogP contribution in [0.2, 0.25) is 0 Å². The molecular formula is C58H38N4. The van der Waals surface area contributed by atoms with Crippen molar-refractivity contribution in [2.24, 2.45) is 0 Å². The van der Waals surface area contributed by atoms with Crippen LogP contribution in [0.4, 0.5) is 0 Å². The lowest BCUT2D eigenvalue weighted by atomic mass is 9.85. The van der Waals surface area contributed by atoms with E-state index in [1.54, 1.807) is 0 Å². The van der Waals surface area contributed by atoms with Gasteiger partial charge in [0.25, 0.3) is 0 Å². The first-order valence-electron chi connectivity index (χ1n) is 21.5. The van der Waals surface area contributed by atoms with E-state index in [4.69, 9.17) is 9.97 Å². The van der Waals surface area contributed by atoms with Crippen molar-refractivity contribution in [2.75, 3.05) is 0 Å². The fourth-order valence-corrected chi connectivity index (χ4v) is 10.1. The fraction of sp³-hybridized carbons (Fsp3) is 0.0345. The van der Waals surface area contributed by atoms with Gasteiger partial charge in [-0.05, 0) is 116 Å². The zero-order chi connectivity index (χ0) is 40.7. The van der Waals surface area contributed by atoms with Crippen molar-refractivity contribution in [1.29, 1.82) is 0 Å². The number of para-hydroxylation sites is 3. The number of rotatable bonds is 5. The molecule has 62 heavy (non-hydrogen) atoms. The summed E-state index contributed by atoms with van der Waals surface area (Å²) in [7, 11) is 0. The number of nitrogens with zero attached hydrogens (tertiary/aromatic N) is 4. The molecule has 0 bridgehead atoms. The van der Waals surface area contributed by atoms with E-state index in [0.29, 0.717) is 0 Å². The maximum Gasteiger partial charge on any atom is 0.146 e. The molecule has 0 unspecified atom stereocenters. The van der Waals surface area contributed by atoms with E-state index in [9.17, 15) is 0 Å². The summed E-state index contributed by atoms with van der Waals surface area (Å²) in [5.74, 6) is 0.986. The molecule has 4 nitrogen and oxygen atoms in total. The molecule has 9 aromatic carbocycles. The Bertz CT molecular complexity index is 3720. The predicted octanol–water partition coefficient (Wildman–Crippen LogP) is 14.9. The van der Waals surface area contributed by atoms with Crippen LogP contribution in [0.3, 0.4) is 0 Å². The van der Waals surface area contributed by atoms with E-state index in [-0.39, 0.29) is 0 Å². The second-order valence-corrected chi connectivity index (χ2v) is 16.4. The summed E-state index contributed by atoms with van der Waals surface area (Å²) in [6, 6.07) is 70.6. The standard InChI is InChI=1S/C58H38N4/c1-2-14-40(15-3-1)57-59-50-21-9-12-24-53(50)61(57)42-33-30-39(31-34-42)56-47-19-6-4-17-45(47)55(46-18-5-7-20-48(46)56)38-28-26-37(27-29-38)41-32-35-43-44-16-8-11-23-52(44)62-54-25-13-10-22-51(54)60-58(62)49(43)36-41/h1-8,10-20,22-36H,9,21H2. The molecule has 290 valence electrons. The largest absolute Gasteiger partial charge is 0.293 e. The van der Waals surface area contributed by atoms with E-state index >= 15 is 0 Å². The number of pyridine rings is 1. The van der Waals surface area contributed by atoms with Gasteiger partial charge in [0.15, 0.2) is 0 Å². The van der Waals surface area contributed by atoms with Crippen molar-refractivity contribution in [3.63, 3.8) is 0 Å². The zero-order valence-electron chi connectivity index (χ0n) is 33.8. The second-order valence-electron chi connectivity index (χ2n) is 16.4. The molecule has 1 aliphatic carbocycles. The van der Waals surface area contributed by atoms with E-state index in [0.717, 1.165) is 57.7 Å². The van der Waals surface area contributed by atoms with Crippen LogP contribution in [-0.4, -0.2) is 18.9 Å². The highest BCUT2D eigenvalue weighted by Crippen LogP contribution is 2.45. The Hall–Kier alpha value is -8.08. The van der Waals surface area contributed by atoms with Gasteiger partial charge in [0.2, 0.25) is 0 Å².